The Balaban J connectivity index is 0.00000147. The summed E-state index contributed by atoms with van der Waals surface area (Å²) in [6.07, 6.45) is 0.527. The van der Waals surface area contributed by atoms with Gasteiger partial charge in [-0.3, -0.25) is 14.5 Å². The molecule has 104 valence electrons. The van der Waals surface area contributed by atoms with Gasteiger partial charge in [0.1, 0.15) is 0 Å². The van der Waals surface area contributed by atoms with Crippen molar-refractivity contribution in [3.05, 3.63) is 46.5 Å². The predicted octanol–water partition coefficient (Wildman–Crippen LogP) is 2.14. The number of nitrogens with two attached hydrogens (primary N) is 1. The molecule has 2 N–H and O–H groups in total. The molecule has 0 radical (unpaired) electrons. The maximum atomic E-state index is 12.1. The first-order valence-corrected chi connectivity index (χ1v) is 6.70. The third-order valence-corrected chi connectivity index (χ3v) is 3.76. The third kappa shape index (κ3) is 2.46. The molecule has 1 aliphatic heterocycles. The lowest BCUT2D eigenvalue weighted by Gasteiger charge is -2.12. The predicted molar refractivity (Wildman–Crippen MR) is 82.4 cm³/mol. The van der Waals surface area contributed by atoms with E-state index in [0.29, 0.717) is 29.2 Å². The lowest BCUT2D eigenvalue weighted by atomic mass is 10.1. The van der Waals surface area contributed by atoms with Crippen molar-refractivity contribution < 1.29 is 9.59 Å². The number of halogens is 1. The van der Waals surface area contributed by atoms with Gasteiger partial charge in [-0.1, -0.05) is 12.1 Å². The molecule has 0 saturated heterocycles. The Morgan fingerprint density at radius 1 is 1.15 bits per heavy atom. The minimum atomic E-state index is -0.233. The quantitative estimate of drug-likeness (QED) is 0.857. The fraction of sp³-hybridized carbons (Fsp3) is 0.154. The van der Waals surface area contributed by atoms with Crippen LogP contribution in [-0.2, 0) is 6.42 Å². The first kappa shape index (κ1) is 14.7. The Kier molecular flexibility index (Phi) is 4.20. The van der Waals surface area contributed by atoms with Crippen LogP contribution in [0.1, 0.15) is 26.4 Å². The number of carbonyl (C=O) groups excluding carboxylic acids is 2. The van der Waals surface area contributed by atoms with Gasteiger partial charge < -0.3 is 5.73 Å². The molecule has 7 heteroatoms. The number of rotatable bonds is 3. The van der Waals surface area contributed by atoms with Gasteiger partial charge in [-0.2, -0.15) is 0 Å². The summed E-state index contributed by atoms with van der Waals surface area (Å²) >= 11 is 1.35. The van der Waals surface area contributed by atoms with Gasteiger partial charge in [-0.25, -0.2) is 4.98 Å². The number of aromatic nitrogens is 1. The number of imide groups is 1. The van der Waals surface area contributed by atoms with Crippen molar-refractivity contribution in [2.75, 3.05) is 12.3 Å². The third-order valence-electron chi connectivity index (χ3n) is 3.04. The Hall–Kier alpha value is -1.73. The number of nitrogen functional groups attached to an aromatic ring is 1. The Labute approximate surface area is 130 Å². The zero-order valence-electron chi connectivity index (χ0n) is 10.4. The SMILES string of the molecule is Br.Nc1nc(CCN2C(=O)c3ccccc3C2=O)cs1. The Morgan fingerprint density at radius 3 is 2.25 bits per heavy atom. The van der Waals surface area contributed by atoms with Gasteiger partial charge in [0.2, 0.25) is 0 Å². The van der Waals surface area contributed by atoms with E-state index in [1.807, 2.05) is 5.38 Å². The van der Waals surface area contributed by atoms with E-state index >= 15 is 0 Å². The second-order valence-electron chi connectivity index (χ2n) is 4.23. The molecule has 0 aliphatic carbocycles. The van der Waals surface area contributed by atoms with Crippen LogP contribution in [0.15, 0.2) is 29.6 Å². The van der Waals surface area contributed by atoms with E-state index in [9.17, 15) is 9.59 Å². The van der Waals surface area contributed by atoms with Crippen molar-refractivity contribution >= 4 is 45.3 Å². The number of benzene rings is 1. The second kappa shape index (κ2) is 5.72. The standard InChI is InChI=1S/C13H11N3O2S.BrH/c14-13-15-8(7-19-13)5-6-16-11(17)9-3-1-2-4-10(9)12(16)18;/h1-4,7H,5-6H2,(H2,14,15);1H. The van der Waals surface area contributed by atoms with Crippen molar-refractivity contribution in [2.24, 2.45) is 0 Å². The molecule has 20 heavy (non-hydrogen) atoms. The molecule has 2 amide bonds. The highest BCUT2D eigenvalue weighted by Gasteiger charge is 2.34. The average Bonchev–Trinajstić information content (AvgIpc) is 2.93. The van der Waals surface area contributed by atoms with E-state index in [4.69, 9.17) is 5.73 Å². The number of anilines is 1. The summed E-state index contributed by atoms with van der Waals surface area (Å²) in [4.78, 5) is 29.6. The minimum absolute atomic E-state index is 0. The van der Waals surface area contributed by atoms with Gasteiger partial charge in [-0.05, 0) is 12.1 Å². The molecular weight excluding hydrogens is 342 g/mol. The fourth-order valence-electron chi connectivity index (χ4n) is 2.11. The first-order chi connectivity index (χ1) is 9.16. The molecule has 2 heterocycles. The van der Waals surface area contributed by atoms with E-state index in [1.165, 1.54) is 16.2 Å². The summed E-state index contributed by atoms with van der Waals surface area (Å²) in [6, 6.07) is 6.87. The van der Waals surface area contributed by atoms with Gasteiger partial charge in [0.25, 0.3) is 11.8 Å². The molecule has 0 bridgehead atoms. The van der Waals surface area contributed by atoms with Crippen molar-refractivity contribution in [3.63, 3.8) is 0 Å². The Morgan fingerprint density at radius 2 is 1.75 bits per heavy atom. The van der Waals surface area contributed by atoms with Crippen molar-refractivity contribution in [3.8, 4) is 0 Å². The summed E-state index contributed by atoms with van der Waals surface area (Å²) in [7, 11) is 0. The number of fused-ring (bicyclic) bond motifs is 1. The van der Waals surface area contributed by atoms with Gasteiger partial charge in [0, 0.05) is 18.3 Å². The van der Waals surface area contributed by atoms with E-state index in [2.05, 4.69) is 4.98 Å². The van der Waals surface area contributed by atoms with Crippen LogP contribution < -0.4 is 5.73 Å². The largest absolute Gasteiger partial charge is 0.375 e. The topological polar surface area (TPSA) is 76.3 Å². The average molecular weight is 354 g/mol. The summed E-state index contributed by atoms with van der Waals surface area (Å²) in [5, 5.41) is 2.34. The van der Waals surface area contributed by atoms with Crippen LogP contribution in [0.25, 0.3) is 0 Å². The van der Waals surface area contributed by atoms with Crippen LogP contribution >= 0.6 is 28.3 Å². The highest BCUT2D eigenvalue weighted by atomic mass is 79.9. The van der Waals surface area contributed by atoms with E-state index in [0.717, 1.165) is 5.69 Å². The molecular formula is C13H12BrN3O2S. The van der Waals surface area contributed by atoms with Gasteiger partial charge in [-0.15, -0.1) is 28.3 Å². The molecule has 0 atom stereocenters. The number of amides is 2. The van der Waals surface area contributed by atoms with Gasteiger partial charge in [0.05, 0.1) is 16.8 Å². The van der Waals surface area contributed by atoms with E-state index < -0.39 is 0 Å². The molecule has 0 spiro atoms. The zero-order chi connectivity index (χ0) is 13.4. The van der Waals surface area contributed by atoms with Gasteiger partial charge in [0.15, 0.2) is 5.13 Å². The molecule has 5 nitrogen and oxygen atoms in total. The van der Waals surface area contributed by atoms with Crippen LogP contribution in [0.2, 0.25) is 0 Å². The van der Waals surface area contributed by atoms with Crippen LogP contribution in [0.5, 0.6) is 0 Å². The molecule has 0 unspecified atom stereocenters. The smallest absolute Gasteiger partial charge is 0.261 e. The lowest BCUT2D eigenvalue weighted by Crippen LogP contribution is -2.31. The highest BCUT2D eigenvalue weighted by molar-refractivity contribution is 8.93. The zero-order valence-corrected chi connectivity index (χ0v) is 12.9. The van der Waals surface area contributed by atoms with Crippen molar-refractivity contribution in [2.45, 2.75) is 6.42 Å². The number of hydrogen-bond donors (Lipinski definition) is 1. The number of nitrogens with zero attached hydrogens (tertiary/aromatic N) is 2. The normalized spacial score (nSPS) is 13.3. The van der Waals surface area contributed by atoms with Crippen LogP contribution in [0, 0.1) is 0 Å². The summed E-state index contributed by atoms with van der Waals surface area (Å²) in [6.45, 7) is 0.329. The van der Waals surface area contributed by atoms with E-state index in [1.54, 1.807) is 24.3 Å². The van der Waals surface area contributed by atoms with Crippen LogP contribution in [0.4, 0.5) is 5.13 Å². The monoisotopic (exact) mass is 353 g/mol. The minimum Gasteiger partial charge on any atom is -0.375 e. The van der Waals surface area contributed by atoms with Crippen molar-refractivity contribution in [1.82, 2.24) is 9.88 Å². The van der Waals surface area contributed by atoms with E-state index in [-0.39, 0.29) is 28.8 Å². The summed E-state index contributed by atoms with van der Waals surface area (Å²) < 4.78 is 0. The molecule has 1 aromatic heterocycles. The number of carbonyl (C=O) groups is 2. The lowest BCUT2D eigenvalue weighted by molar-refractivity contribution is 0.0656. The Bertz CT molecular complexity index is 636. The summed E-state index contributed by atoms with van der Waals surface area (Å²) in [5.41, 5.74) is 7.30. The molecule has 3 rings (SSSR count). The fourth-order valence-corrected chi connectivity index (χ4v) is 2.70. The van der Waals surface area contributed by atoms with Gasteiger partial charge >= 0.3 is 0 Å². The molecule has 0 saturated carbocycles. The van der Waals surface area contributed by atoms with Crippen molar-refractivity contribution in [1.29, 1.82) is 0 Å². The molecule has 1 aromatic carbocycles. The van der Waals surface area contributed by atoms with Crippen LogP contribution in [0.3, 0.4) is 0 Å². The second-order valence-corrected chi connectivity index (χ2v) is 5.12. The maximum absolute atomic E-state index is 12.1. The number of thiazole rings is 1. The molecule has 1 aliphatic rings. The van der Waals surface area contributed by atoms with Crippen LogP contribution in [-0.4, -0.2) is 28.2 Å². The first-order valence-electron chi connectivity index (χ1n) is 5.82. The highest BCUT2D eigenvalue weighted by Crippen LogP contribution is 2.22. The molecule has 2 aromatic rings. The number of hydrogen-bond acceptors (Lipinski definition) is 5. The molecule has 0 fully saturated rings. The maximum Gasteiger partial charge on any atom is 0.261 e. The summed E-state index contributed by atoms with van der Waals surface area (Å²) in [5.74, 6) is -0.465.